The van der Waals surface area contributed by atoms with Crippen LogP contribution in [0.4, 0.5) is 10.1 Å². The molecule has 0 aliphatic carbocycles. The van der Waals surface area contributed by atoms with Crippen molar-refractivity contribution in [2.45, 2.75) is 13.5 Å². The van der Waals surface area contributed by atoms with E-state index < -0.39 is 17.5 Å². The number of carbonyl (C=O) groups is 2. The average Bonchev–Trinajstić information content (AvgIpc) is 2.67. The molecular weight excluding hydrogens is 337 g/mol. The van der Waals surface area contributed by atoms with Crippen LogP contribution in [0.15, 0.2) is 40.9 Å². The average molecular weight is 348 g/mol. The van der Waals surface area contributed by atoms with Gasteiger partial charge in [-0.2, -0.15) is 0 Å². The summed E-state index contributed by atoms with van der Waals surface area (Å²) >= 11 is 3.39. The van der Waals surface area contributed by atoms with Gasteiger partial charge in [0, 0.05) is 4.47 Å². The third-order valence-electron chi connectivity index (χ3n) is 3.45. The van der Waals surface area contributed by atoms with Crippen molar-refractivity contribution in [1.29, 1.82) is 0 Å². The van der Waals surface area contributed by atoms with Crippen LogP contribution in [0, 0.1) is 12.7 Å². The first kappa shape index (κ1) is 13.9. The van der Waals surface area contributed by atoms with Gasteiger partial charge in [0.15, 0.2) is 0 Å². The number of Topliss-reactive ketones (excluding diaryl/α,β-unsaturated/α-hetero) is 1. The highest BCUT2D eigenvalue weighted by molar-refractivity contribution is 9.10. The van der Waals surface area contributed by atoms with Gasteiger partial charge in [0.1, 0.15) is 5.82 Å². The number of halogens is 2. The quantitative estimate of drug-likeness (QED) is 0.778. The number of carbonyl (C=O) groups excluding carboxylic acids is 2. The molecule has 0 saturated heterocycles. The molecule has 1 amide bonds. The smallest absolute Gasteiger partial charge is 0.298 e. The molecule has 3 rings (SSSR count). The Kier molecular flexibility index (Phi) is 3.37. The van der Waals surface area contributed by atoms with Gasteiger partial charge in [-0.1, -0.05) is 34.1 Å². The Bertz CT molecular complexity index is 773. The molecule has 0 radical (unpaired) electrons. The van der Waals surface area contributed by atoms with Crippen LogP contribution in [-0.2, 0) is 11.3 Å². The summed E-state index contributed by atoms with van der Waals surface area (Å²) in [5.74, 6) is -1.89. The number of amides is 1. The van der Waals surface area contributed by atoms with Gasteiger partial charge in [0.2, 0.25) is 0 Å². The van der Waals surface area contributed by atoms with Crippen molar-refractivity contribution in [3.8, 4) is 0 Å². The zero-order valence-corrected chi connectivity index (χ0v) is 12.8. The van der Waals surface area contributed by atoms with Crippen molar-refractivity contribution in [2.75, 3.05) is 4.90 Å². The Morgan fingerprint density at radius 2 is 1.90 bits per heavy atom. The molecule has 0 saturated carbocycles. The number of aryl methyl sites for hydroxylation is 1. The van der Waals surface area contributed by atoms with E-state index in [0.29, 0.717) is 5.56 Å². The minimum atomic E-state index is -0.690. The van der Waals surface area contributed by atoms with E-state index in [4.69, 9.17) is 0 Å². The second kappa shape index (κ2) is 5.07. The molecule has 2 aromatic rings. The Morgan fingerprint density at radius 3 is 2.62 bits per heavy atom. The lowest BCUT2D eigenvalue weighted by molar-refractivity contribution is -0.114. The molecule has 1 aliphatic rings. The summed E-state index contributed by atoms with van der Waals surface area (Å²) in [6, 6.07) is 10.2. The van der Waals surface area contributed by atoms with Gasteiger partial charge in [0.25, 0.3) is 11.7 Å². The van der Waals surface area contributed by atoms with Gasteiger partial charge >= 0.3 is 0 Å². The number of rotatable bonds is 2. The summed E-state index contributed by atoms with van der Waals surface area (Å²) < 4.78 is 15.0. The van der Waals surface area contributed by atoms with Crippen LogP contribution in [0.1, 0.15) is 21.5 Å². The van der Waals surface area contributed by atoms with Crippen molar-refractivity contribution < 1.29 is 14.0 Å². The lowest BCUT2D eigenvalue weighted by Crippen LogP contribution is -2.29. The van der Waals surface area contributed by atoms with Crippen LogP contribution < -0.4 is 4.90 Å². The highest BCUT2D eigenvalue weighted by atomic mass is 79.9. The largest absolute Gasteiger partial charge is 0.299 e. The zero-order chi connectivity index (χ0) is 15.1. The molecule has 5 heteroatoms. The molecule has 3 nitrogen and oxygen atoms in total. The highest BCUT2D eigenvalue weighted by Crippen LogP contribution is 2.34. The summed E-state index contributed by atoms with van der Waals surface area (Å²) in [6.07, 6.45) is 0. The fourth-order valence-corrected chi connectivity index (χ4v) is 2.88. The topological polar surface area (TPSA) is 37.4 Å². The van der Waals surface area contributed by atoms with Crippen molar-refractivity contribution in [3.63, 3.8) is 0 Å². The zero-order valence-electron chi connectivity index (χ0n) is 11.2. The maximum absolute atomic E-state index is 14.2. The lowest BCUT2D eigenvalue weighted by Gasteiger charge is -2.18. The van der Waals surface area contributed by atoms with E-state index in [1.807, 2.05) is 24.3 Å². The summed E-state index contributed by atoms with van der Waals surface area (Å²) in [7, 11) is 0. The number of hydrogen-bond donors (Lipinski definition) is 0. The van der Waals surface area contributed by atoms with Crippen LogP contribution in [-0.4, -0.2) is 11.7 Å². The normalized spacial score (nSPS) is 13.8. The molecular formula is C16H11BrFNO2. The van der Waals surface area contributed by atoms with Gasteiger partial charge in [-0.3, -0.25) is 14.5 Å². The van der Waals surface area contributed by atoms with E-state index >= 15 is 0 Å². The van der Waals surface area contributed by atoms with Crippen molar-refractivity contribution in [1.82, 2.24) is 0 Å². The Hall–Kier alpha value is -2.01. The fraction of sp³-hybridized carbons (Fsp3) is 0.125. The molecule has 0 spiro atoms. The molecule has 106 valence electrons. The maximum Gasteiger partial charge on any atom is 0.299 e. The van der Waals surface area contributed by atoms with E-state index in [0.717, 1.165) is 10.0 Å². The molecule has 0 fully saturated rings. The molecule has 0 atom stereocenters. The van der Waals surface area contributed by atoms with Gasteiger partial charge in [-0.05, 0) is 36.2 Å². The van der Waals surface area contributed by atoms with E-state index in [-0.39, 0.29) is 17.8 Å². The Balaban J connectivity index is 2.08. The molecule has 1 aliphatic heterocycles. The SMILES string of the molecule is Cc1cc(F)c2c(c1)C(=O)C(=O)N2Cc1ccccc1Br. The van der Waals surface area contributed by atoms with E-state index in [1.54, 1.807) is 13.0 Å². The van der Waals surface area contributed by atoms with Crippen LogP contribution in [0.2, 0.25) is 0 Å². The van der Waals surface area contributed by atoms with Crippen molar-refractivity contribution >= 4 is 33.3 Å². The second-order valence-corrected chi connectivity index (χ2v) is 5.81. The molecule has 21 heavy (non-hydrogen) atoms. The number of nitrogens with zero attached hydrogens (tertiary/aromatic N) is 1. The van der Waals surface area contributed by atoms with Crippen molar-refractivity contribution in [3.05, 3.63) is 63.4 Å². The Labute approximate surface area is 129 Å². The first-order valence-corrected chi connectivity index (χ1v) is 7.18. The number of anilines is 1. The third kappa shape index (κ3) is 2.27. The standard InChI is InChI=1S/C16H11BrFNO2/c1-9-6-11-14(13(18)7-9)19(16(21)15(11)20)8-10-4-2-3-5-12(10)17/h2-7H,8H2,1H3. The molecule has 2 aromatic carbocycles. The summed E-state index contributed by atoms with van der Waals surface area (Å²) in [5.41, 5.74) is 1.65. The van der Waals surface area contributed by atoms with E-state index in [1.165, 1.54) is 11.0 Å². The predicted molar refractivity (Wildman–Crippen MR) is 80.8 cm³/mol. The highest BCUT2D eigenvalue weighted by Gasteiger charge is 2.38. The number of fused-ring (bicyclic) bond motifs is 1. The van der Waals surface area contributed by atoms with E-state index in [2.05, 4.69) is 15.9 Å². The molecule has 0 unspecified atom stereocenters. The monoisotopic (exact) mass is 347 g/mol. The number of hydrogen-bond acceptors (Lipinski definition) is 2. The molecule has 0 aromatic heterocycles. The fourth-order valence-electron chi connectivity index (χ4n) is 2.47. The van der Waals surface area contributed by atoms with Crippen LogP contribution in [0.25, 0.3) is 0 Å². The summed E-state index contributed by atoms with van der Waals surface area (Å²) in [5, 5.41) is 0. The summed E-state index contributed by atoms with van der Waals surface area (Å²) in [6.45, 7) is 1.84. The predicted octanol–water partition coefficient (Wildman–Crippen LogP) is 3.63. The minimum absolute atomic E-state index is 0.0753. The van der Waals surface area contributed by atoms with Crippen molar-refractivity contribution in [2.24, 2.45) is 0 Å². The van der Waals surface area contributed by atoms with Gasteiger partial charge in [0.05, 0.1) is 17.8 Å². The lowest BCUT2D eigenvalue weighted by atomic mass is 10.1. The van der Waals surface area contributed by atoms with Gasteiger partial charge in [-0.15, -0.1) is 0 Å². The Morgan fingerprint density at radius 1 is 1.19 bits per heavy atom. The molecule has 0 N–H and O–H groups in total. The minimum Gasteiger partial charge on any atom is -0.298 e. The molecule has 1 heterocycles. The third-order valence-corrected chi connectivity index (χ3v) is 4.22. The number of benzene rings is 2. The number of ketones is 1. The van der Waals surface area contributed by atoms with Gasteiger partial charge in [-0.25, -0.2) is 4.39 Å². The van der Waals surface area contributed by atoms with Crippen LogP contribution >= 0.6 is 15.9 Å². The second-order valence-electron chi connectivity index (χ2n) is 4.95. The van der Waals surface area contributed by atoms with E-state index in [9.17, 15) is 14.0 Å². The maximum atomic E-state index is 14.2. The first-order valence-electron chi connectivity index (χ1n) is 6.39. The first-order chi connectivity index (χ1) is 9.99. The summed E-state index contributed by atoms with van der Waals surface area (Å²) in [4.78, 5) is 25.4. The van der Waals surface area contributed by atoms with Crippen LogP contribution in [0.5, 0.6) is 0 Å². The van der Waals surface area contributed by atoms with Crippen LogP contribution in [0.3, 0.4) is 0 Å². The van der Waals surface area contributed by atoms with Gasteiger partial charge < -0.3 is 0 Å². The molecule has 0 bridgehead atoms.